The lowest BCUT2D eigenvalue weighted by atomic mass is 10.0. The second-order valence-corrected chi connectivity index (χ2v) is 3.88. The molecule has 0 aliphatic heterocycles. The zero-order valence-corrected chi connectivity index (χ0v) is 9.17. The van der Waals surface area contributed by atoms with Crippen LogP contribution in [0.1, 0.15) is 18.4 Å². The first-order chi connectivity index (χ1) is 8.13. The van der Waals surface area contributed by atoms with E-state index < -0.39 is 10.5 Å². The molecule has 0 saturated heterocycles. The van der Waals surface area contributed by atoms with Crippen molar-refractivity contribution in [3.63, 3.8) is 0 Å². The van der Waals surface area contributed by atoms with Crippen LogP contribution in [0.15, 0.2) is 23.2 Å². The first-order valence-electron chi connectivity index (χ1n) is 5.05. The number of ether oxygens (including phenoxy) is 1. The van der Waals surface area contributed by atoms with Crippen LogP contribution in [-0.2, 0) is 10.3 Å². The van der Waals surface area contributed by atoms with E-state index in [-0.39, 0.29) is 5.69 Å². The average Bonchev–Trinajstić information content (AvgIpc) is 3.09. The van der Waals surface area contributed by atoms with Crippen LogP contribution >= 0.6 is 0 Å². The molecule has 0 aromatic heterocycles. The Bertz CT molecular complexity index is 516. The van der Waals surface area contributed by atoms with Crippen LogP contribution in [0.2, 0.25) is 0 Å². The summed E-state index contributed by atoms with van der Waals surface area (Å²) < 4.78 is 5.11. The van der Waals surface area contributed by atoms with Crippen molar-refractivity contribution in [3.05, 3.63) is 33.9 Å². The third-order valence-corrected chi connectivity index (χ3v) is 2.88. The number of hydrogen-bond acceptors (Lipinski definition) is 5. The van der Waals surface area contributed by atoms with Gasteiger partial charge in [-0.25, -0.2) is 4.79 Å². The largest absolute Gasteiger partial charge is 0.496 e. The highest BCUT2D eigenvalue weighted by atomic mass is 16.6. The fraction of sp³-hybridized carbons (Fsp3) is 0.364. The number of aliphatic imine (C=N–C) groups is 1. The van der Waals surface area contributed by atoms with E-state index >= 15 is 0 Å². The van der Waals surface area contributed by atoms with Crippen LogP contribution in [0.25, 0.3) is 0 Å². The van der Waals surface area contributed by atoms with Crippen molar-refractivity contribution < 1.29 is 14.5 Å². The van der Waals surface area contributed by atoms with Crippen molar-refractivity contribution >= 4 is 11.8 Å². The van der Waals surface area contributed by atoms with Crippen molar-refractivity contribution in [2.45, 2.75) is 18.4 Å². The predicted molar refractivity (Wildman–Crippen MR) is 58.7 cm³/mol. The monoisotopic (exact) mass is 234 g/mol. The fourth-order valence-electron chi connectivity index (χ4n) is 1.83. The van der Waals surface area contributed by atoms with Gasteiger partial charge in [0.2, 0.25) is 6.08 Å². The highest BCUT2D eigenvalue weighted by Crippen LogP contribution is 2.52. The summed E-state index contributed by atoms with van der Waals surface area (Å²) in [4.78, 5) is 24.3. The summed E-state index contributed by atoms with van der Waals surface area (Å²) in [5.41, 5.74) is 0.0767. The van der Waals surface area contributed by atoms with Crippen LogP contribution in [0.5, 0.6) is 5.75 Å². The smallest absolute Gasteiger partial charge is 0.273 e. The first-order valence-corrected chi connectivity index (χ1v) is 5.05. The van der Waals surface area contributed by atoms with Crippen LogP contribution in [0, 0.1) is 10.1 Å². The van der Waals surface area contributed by atoms with Gasteiger partial charge in [0, 0.05) is 11.6 Å². The predicted octanol–water partition coefficient (Wildman–Crippen LogP) is 1.93. The summed E-state index contributed by atoms with van der Waals surface area (Å²) in [7, 11) is 1.43. The molecule has 0 atom stereocenters. The quantitative estimate of drug-likeness (QED) is 0.345. The Balaban J connectivity index is 2.48. The lowest BCUT2D eigenvalue weighted by Crippen LogP contribution is -2.05. The van der Waals surface area contributed by atoms with Gasteiger partial charge in [0.05, 0.1) is 18.1 Å². The Morgan fingerprint density at radius 2 is 2.24 bits per heavy atom. The van der Waals surface area contributed by atoms with Gasteiger partial charge in [-0.2, -0.15) is 4.99 Å². The molecule has 6 heteroatoms. The highest BCUT2D eigenvalue weighted by molar-refractivity contribution is 5.51. The number of carbonyl (C=O) groups excluding carboxylic acids is 1. The maximum atomic E-state index is 10.6. The Morgan fingerprint density at radius 3 is 2.71 bits per heavy atom. The fourth-order valence-corrected chi connectivity index (χ4v) is 1.83. The molecular weight excluding hydrogens is 224 g/mol. The number of benzene rings is 1. The summed E-state index contributed by atoms with van der Waals surface area (Å²) in [6.07, 6.45) is 3.01. The van der Waals surface area contributed by atoms with Crippen LogP contribution in [0.3, 0.4) is 0 Å². The zero-order chi connectivity index (χ0) is 12.5. The van der Waals surface area contributed by atoms with Crippen molar-refractivity contribution in [1.82, 2.24) is 0 Å². The molecule has 1 fully saturated rings. The molecule has 0 heterocycles. The molecule has 1 aliphatic carbocycles. The van der Waals surface area contributed by atoms with Gasteiger partial charge in [-0.1, -0.05) is 0 Å². The number of isocyanates is 1. The molecule has 0 bridgehead atoms. The van der Waals surface area contributed by atoms with E-state index in [1.807, 2.05) is 0 Å². The van der Waals surface area contributed by atoms with Crippen molar-refractivity contribution in [1.29, 1.82) is 0 Å². The van der Waals surface area contributed by atoms with Gasteiger partial charge in [0.25, 0.3) is 5.69 Å². The van der Waals surface area contributed by atoms with E-state index in [0.717, 1.165) is 12.8 Å². The molecule has 0 N–H and O–H groups in total. The standard InChI is InChI=1S/C11H10N2O4/c1-17-10-6-8(13(15)16)2-3-9(10)11(4-5-11)12-7-14/h2-3,6H,4-5H2,1H3. The number of nitrogens with zero attached hydrogens (tertiary/aromatic N) is 2. The van der Waals surface area contributed by atoms with E-state index in [1.54, 1.807) is 12.1 Å². The van der Waals surface area contributed by atoms with Gasteiger partial charge in [0.1, 0.15) is 11.3 Å². The van der Waals surface area contributed by atoms with Gasteiger partial charge >= 0.3 is 0 Å². The number of non-ortho nitro benzene ring substituents is 1. The van der Waals surface area contributed by atoms with Crippen molar-refractivity contribution in [3.8, 4) is 5.75 Å². The SMILES string of the molecule is COc1cc([N+](=O)[O-])ccc1C1(N=C=O)CC1. The summed E-state index contributed by atoms with van der Waals surface area (Å²) in [6, 6.07) is 4.32. The second kappa shape index (κ2) is 3.99. The molecule has 1 aromatic rings. The molecule has 17 heavy (non-hydrogen) atoms. The minimum Gasteiger partial charge on any atom is -0.496 e. The van der Waals surface area contributed by atoms with Crippen LogP contribution in [-0.4, -0.2) is 18.1 Å². The third kappa shape index (κ3) is 1.90. The topological polar surface area (TPSA) is 81.8 Å². The molecule has 0 unspecified atom stereocenters. The number of methoxy groups -OCH3 is 1. The summed E-state index contributed by atoms with van der Waals surface area (Å²) in [6.45, 7) is 0. The summed E-state index contributed by atoms with van der Waals surface area (Å²) in [5.74, 6) is 0.385. The second-order valence-electron chi connectivity index (χ2n) is 3.88. The normalized spacial score (nSPS) is 15.8. The van der Waals surface area contributed by atoms with E-state index in [4.69, 9.17) is 4.74 Å². The molecule has 0 amide bonds. The van der Waals surface area contributed by atoms with Gasteiger partial charge in [0.15, 0.2) is 0 Å². The third-order valence-electron chi connectivity index (χ3n) is 2.88. The Labute approximate surface area is 97.1 Å². The zero-order valence-electron chi connectivity index (χ0n) is 9.17. The highest BCUT2D eigenvalue weighted by Gasteiger charge is 2.47. The van der Waals surface area contributed by atoms with E-state index in [2.05, 4.69) is 4.99 Å². The maximum Gasteiger partial charge on any atom is 0.273 e. The van der Waals surface area contributed by atoms with E-state index in [9.17, 15) is 14.9 Å². The molecular formula is C11H10N2O4. The van der Waals surface area contributed by atoms with Gasteiger partial charge in [-0.15, -0.1) is 0 Å². The lowest BCUT2D eigenvalue weighted by Gasteiger charge is -2.12. The van der Waals surface area contributed by atoms with Crippen LogP contribution in [0.4, 0.5) is 5.69 Å². The minimum atomic E-state index is -0.581. The van der Waals surface area contributed by atoms with E-state index in [1.165, 1.54) is 19.2 Å². The molecule has 88 valence electrons. The van der Waals surface area contributed by atoms with Gasteiger partial charge in [-0.05, 0) is 18.9 Å². The van der Waals surface area contributed by atoms with Gasteiger partial charge < -0.3 is 4.74 Å². The lowest BCUT2D eigenvalue weighted by molar-refractivity contribution is -0.384. The van der Waals surface area contributed by atoms with Crippen molar-refractivity contribution in [2.24, 2.45) is 4.99 Å². The summed E-state index contributed by atoms with van der Waals surface area (Å²) >= 11 is 0. The van der Waals surface area contributed by atoms with Crippen LogP contribution < -0.4 is 4.74 Å². The Kier molecular flexibility index (Phi) is 2.65. The molecule has 6 nitrogen and oxygen atoms in total. The molecule has 2 rings (SSSR count). The molecule has 0 radical (unpaired) electrons. The average molecular weight is 234 g/mol. The molecule has 1 saturated carbocycles. The molecule has 0 spiro atoms. The molecule has 1 aliphatic rings. The number of hydrogen-bond donors (Lipinski definition) is 0. The first kappa shape index (κ1) is 11.3. The van der Waals surface area contributed by atoms with Crippen molar-refractivity contribution in [2.75, 3.05) is 7.11 Å². The van der Waals surface area contributed by atoms with E-state index in [0.29, 0.717) is 11.3 Å². The number of rotatable bonds is 4. The van der Waals surface area contributed by atoms with Gasteiger partial charge in [-0.3, -0.25) is 10.1 Å². The number of nitro groups is 1. The molecule has 1 aromatic carbocycles. The Hall–Kier alpha value is -2.20. The number of nitro benzene ring substituents is 1. The maximum absolute atomic E-state index is 10.6. The minimum absolute atomic E-state index is 0.0449. The Morgan fingerprint density at radius 1 is 1.53 bits per heavy atom. The summed E-state index contributed by atoms with van der Waals surface area (Å²) in [5, 5.41) is 10.6.